The molecule has 3 rings (SSSR count). The van der Waals surface area contributed by atoms with Crippen LogP contribution in [-0.4, -0.2) is 34.4 Å². The van der Waals surface area contributed by atoms with Gasteiger partial charge in [0.2, 0.25) is 0 Å². The van der Waals surface area contributed by atoms with Crippen LogP contribution in [0, 0.1) is 17.0 Å². The highest BCUT2D eigenvalue weighted by atomic mass is 32.2. The van der Waals surface area contributed by atoms with E-state index in [4.69, 9.17) is 4.74 Å². The fourth-order valence-corrected chi connectivity index (χ4v) is 3.95. The molecule has 0 aliphatic heterocycles. The summed E-state index contributed by atoms with van der Waals surface area (Å²) in [6.45, 7) is 1.43. The van der Waals surface area contributed by atoms with Gasteiger partial charge in [-0.25, -0.2) is 9.78 Å². The quantitative estimate of drug-likeness (QED) is 0.437. The summed E-state index contributed by atoms with van der Waals surface area (Å²) in [5.41, 5.74) is 0.663. The SMILES string of the molecule is Cc1csc(Sc2ccc([N+](=O)[O-])cc2C(=O)OCC(=O)NC2CC2)n1. The third-order valence-corrected chi connectivity index (χ3v) is 5.60. The normalized spacial score (nSPS) is 13.3. The number of nitro benzene ring substituents is 1. The lowest BCUT2D eigenvalue weighted by atomic mass is 10.2. The zero-order valence-electron chi connectivity index (χ0n) is 13.8. The van der Waals surface area contributed by atoms with Gasteiger partial charge in [0.05, 0.1) is 10.5 Å². The lowest BCUT2D eigenvalue weighted by Crippen LogP contribution is -2.30. The molecule has 0 bridgehead atoms. The fraction of sp³-hybridized carbons (Fsp3) is 0.312. The summed E-state index contributed by atoms with van der Waals surface area (Å²) in [6, 6.07) is 4.13. The number of nitro groups is 1. The van der Waals surface area contributed by atoms with Gasteiger partial charge in [-0.3, -0.25) is 14.9 Å². The summed E-state index contributed by atoms with van der Waals surface area (Å²) in [5, 5.41) is 15.6. The first-order valence-electron chi connectivity index (χ1n) is 7.77. The third kappa shape index (κ3) is 4.79. The van der Waals surface area contributed by atoms with Crippen LogP contribution >= 0.6 is 23.1 Å². The molecule has 1 aromatic heterocycles. The van der Waals surface area contributed by atoms with Crippen molar-refractivity contribution < 1.29 is 19.2 Å². The van der Waals surface area contributed by atoms with Crippen molar-refractivity contribution in [3.05, 3.63) is 45.0 Å². The van der Waals surface area contributed by atoms with Gasteiger partial charge in [0.15, 0.2) is 10.9 Å². The number of esters is 1. The van der Waals surface area contributed by atoms with E-state index in [1.807, 2.05) is 12.3 Å². The van der Waals surface area contributed by atoms with Gasteiger partial charge in [0.1, 0.15) is 0 Å². The van der Waals surface area contributed by atoms with Crippen LogP contribution in [0.25, 0.3) is 0 Å². The summed E-state index contributed by atoms with van der Waals surface area (Å²) in [5.74, 6) is -1.16. The Morgan fingerprint density at radius 3 is 2.85 bits per heavy atom. The lowest BCUT2D eigenvalue weighted by molar-refractivity contribution is -0.384. The Balaban J connectivity index is 1.76. The summed E-state index contributed by atoms with van der Waals surface area (Å²) in [4.78, 5) is 39.3. The van der Waals surface area contributed by atoms with Crippen LogP contribution in [0.2, 0.25) is 0 Å². The summed E-state index contributed by atoms with van der Waals surface area (Å²) >= 11 is 2.63. The summed E-state index contributed by atoms with van der Waals surface area (Å²) in [6.07, 6.45) is 1.86. The van der Waals surface area contributed by atoms with Gasteiger partial charge in [-0.05, 0) is 25.8 Å². The first kappa shape index (κ1) is 18.3. The van der Waals surface area contributed by atoms with E-state index in [2.05, 4.69) is 10.3 Å². The average Bonchev–Trinajstić information content (AvgIpc) is 3.32. The number of nitrogens with zero attached hydrogens (tertiary/aromatic N) is 2. The minimum absolute atomic E-state index is 0.0382. The molecule has 1 heterocycles. The molecule has 2 aromatic rings. The predicted molar refractivity (Wildman–Crippen MR) is 95.5 cm³/mol. The molecule has 10 heteroatoms. The van der Waals surface area contributed by atoms with Gasteiger partial charge >= 0.3 is 5.97 Å². The molecule has 1 aromatic carbocycles. The minimum Gasteiger partial charge on any atom is -0.452 e. The van der Waals surface area contributed by atoms with Crippen LogP contribution in [0.3, 0.4) is 0 Å². The van der Waals surface area contributed by atoms with E-state index in [-0.39, 0.29) is 23.2 Å². The standard InChI is InChI=1S/C16H15N3O5S2/c1-9-8-25-16(17-9)26-13-5-4-11(19(22)23)6-12(13)15(21)24-7-14(20)18-10-2-3-10/h4-6,8,10H,2-3,7H2,1H3,(H,18,20). The van der Waals surface area contributed by atoms with E-state index >= 15 is 0 Å². The van der Waals surface area contributed by atoms with Crippen LogP contribution < -0.4 is 5.32 Å². The van der Waals surface area contributed by atoms with Crippen molar-refractivity contribution in [3.8, 4) is 0 Å². The smallest absolute Gasteiger partial charge is 0.340 e. The van der Waals surface area contributed by atoms with Crippen LogP contribution in [0.5, 0.6) is 0 Å². The van der Waals surface area contributed by atoms with E-state index in [1.54, 1.807) is 0 Å². The Hall–Kier alpha value is -2.46. The highest BCUT2D eigenvalue weighted by Crippen LogP contribution is 2.34. The highest BCUT2D eigenvalue weighted by Gasteiger charge is 2.25. The summed E-state index contributed by atoms with van der Waals surface area (Å²) in [7, 11) is 0. The Kier molecular flexibility index (Phi) is 5.52. The zero-order chi connectivity index (χ0) is 18.7. The van der Waals surface area contributed by atoms with Crippen LogP contribution in [0.4, 0.5) is 5.69 Å². The molecule has 8 nitrogen and oxygen atoms in total. The zero-order valence-corrected chi connectivity index (χ0v) is 15.4. The molecule has 1 saturated carbocycles. The van der Waals surface area contributed by atoms with Crippen molar-refractivity contribution in [1.82, 2.24) is 10.3 Å². The second-order valence-electron chi connectivity index (χ2n) is 5.71. The molecule has 0 unspecified atom stereocenters. The second-order valence-corrected chi connectivity index (χ2v) is 7.86. The molecule has 136 valence electrons. The van der Waals surface area contributed by atoms with Gasteiger partial charge in [-0.1, -0.05) is 11.8 Å². The fourth-order valence-electron chi connectivity index (χ4n) is 2.06. The first-order valence-corrected chi connectivity index (χ1v) is 9.47. The molecule has 0 atom stereocenters. The Morgan fingerprint density at radius 1 is 1.46 bits per heavy atom. The number of carbonyl (C=O) groups excluding carboxylic acids is 2. The van der Waals surface area contributed by atoms with Gasteiger partial charge in [0, 0.05) is 34.1 Å². The molecule has 0 saturated heterocycles. The number of benzene rings is 1. The second kappa shape index (κ2) is 7.83. The molecule has 1 aliphatic rings. The van der Waals surface area contributed by atoms with Gasteiger partial charge in [-0.15, -0.1) is 11.3 Å². The maximum absolute atomic E-state index is 12.4. The van der Waals surface area contributed by atoms with E-state index in [0.717, 1.165) is 24.6 Å². The highest BCUT2D eigenvalue weighted by molar-refractivity contribution is 8.01. The number of carbonyl (C=O) groups is 2. The van der Waals surface area contributed by atoms with E-state index in [0.29, 0.717) is 9.24 Å². The molecule has 0 radical (unpaired) electrons. The Labute approximate surface area is 157 Å². The monoisotopic (exact) mass is 393 g/mol. The van der Waals surface area contributed by atoms with E-state index in [9.17, 15) is 19.7 Å². The van der Waals surface area contributed by atoms with Crippen molar-refractivity contribution in [2.24, 2.45) is 0 Å². The number of ether oxygens (including phenoxy) is 1. The van der Waals surface area contributed by atoms with Gasteiger partial charge in [-0.2, -0.15) is 0 Å². The number of non-ortho nitro benzene ring substituents is 1. The molecule has 1 amide bonds. The summed E-state index contributed by atoms with van der Waals surface area (Å²) < 4.78 is 5.74. The molecule has 1 N–H and O–H groups in total. The van der Waals surface area contributed by atoms with Crippen LogP contribution in [0.15, 0.2) is 32.8 Å². The van der Waals surface area contributed by atoms with Crippen molar-refractivity contribution in [2.45, 2.75) is 35.0 Å². The van der Waals surface area contributed by atoms with Crippen molar-refractivity contribution in [2.75, 3.05) is 6.61 Å². The van der Waals surface area contributed by atoms with E-state index in [1.165, 1.54) is 35.2 Å². The molecular formula is C16H15N3O5S2. The molecule has 26 heavy (non-hydrogen) atoms. The molecular weight excluding hydrogens is 378 g/mol. The third-order valence-electron chi connectivity index (χ3n) is 3.47. The number of amides is 1. The maximum Gasteiger partial charge on any atom is 0.340 e. The predicted octanol–water partition coefficient (Wildman–Crippen LogP) is 2.95. The molecule has 0 spiro atoms. The number of nitrogens with one attached hydrogen (secondary N) is 1. The van der Waals surface area contributed by atoms with Crippen LogP contribution in [0.1, 0.15) is 28.9 Å². The number of rotatable bonds is 7. The van der Waals surface area contributed by atoms with Crippen LogP contribution in [-0.2, 0) is 9.53 Å². The number of aromatic nitrogens is 1. The maximum atomic E-state index is 12.4. The average molecular weight is 393 g/mol. The first-order chi connectivity index (χ1) is 12.4. The Morgan fingerprint density at radius 2 is 2.23 bits per heavy atom. The van der Waals surface area contributed by atoms with Crippen molar-refractivity contribution >= 4 is 40.7 Å². The lowest BCUT2D eigenvalue weighted by Gasteiger charge is -2.09. The minimum atomic E-state index is -0.782. The Bertz CT molecular complexity index is 863. The van der Waals surface area contributed by atoms with Gasteiger partial charge < -0.3 is 10.1 Å². The van der Waals surface area contributed by atoms with Gasteiger partial charge in [0.25, 0.3) is 11.6 Å². The number of aryl methyl sites for hydroxylation is 1. The topological polar surface area (TPSA) is 111 Å². The van der Waals surface area contributed by atoms with Crippen molar-refractivity contribution in [1.29, 1.82) is 0 Å². The number of hydrogen-bond acceptors (Lipinski definition) is 8. The number of hydrogen-bond donors (Lipinski definition) is 1. The molecule has 1 fully saturated rings. The molecule has 1 aliphatic carbocycles. The number of thiazole rings is 1. The van der Waals surface area contributed by atoms with Crippen molar-refractivity contribution in [3.63, 3.8) is 0 Å². The largest absolute Gasteiger partial charge is 0.452 e. The van der Waals surface area contributed by atoms with E-state index < -0.39 is 17.5 Å².